The second-order valence-corrected chi connectivity index (χ2v) is 4.94. The monoisotopic (exact) mass is 305 g/mol. The van der Waals surface area contributed by atoms with Gasteiger partial charge in [0.25, 0.3) is 0 Å². The van der Waals surface area contributed by atoms with Gasteiger partial charge in [-0.25, -0.2) is 0 Å². The fraction of sp³-hybridized carbons (Fsp3) is 0.333. The molecule has 0 saturated heterocycles. The van der Waals surface area contributed by atoms with Gasteiger partial charge in [-0.2, -0.15) is 0 Å². The van der Waals surface area contributed by atoms with Crippen molar-refractivity contribution in [1.82, 2.24) is 5.32 Å². The molecule has 0 heterocycles. The van der Waals surface area contributed by atoms with Crippen molar-refractivity contribution in [2.75, 3.05) is 13.7 Å². The number of rotatable bonds is 7. The lowest BCUT2D eigenvalue weighted by Crippen LogP contribution is -2.16. The Balaban J connectivity index is 0.00000220. The quantitative estimate of drug-likeness (QED) is 0.780. The lowest BCUT2D eigenvalue weighted by atomic mass is 10.1. The normalized spacial score (nSPS) is 10.0. The Kier molecular flexibility index (Phi) is 7.88. The molecule has 21 heavy (non-hydrogen) atoms. The molecule has 0 aliphatic rings. The van der Waals surface area contributed by atoms with Crippen molar-refractivity contribution in [3.63, 3.8) is 0 Å². The van der Waals surface area contributed by atoms with Gasteiger partial charge >= 0.3 is 0 Å². The topological polar surface area (TPSA) is 21.3 Å². The molecule has 114 valence electrons. The first kappa shape index (κ1) is 17.5. The van der Waals surface area contributed by atoms with Crippen LogP contribution in [0.3, 0.4) is 0 Å². The van der Waals surface area contributed by atoms with Crippen molar-refractivity contribution in [2.45, 2.75) is 26.3 Å². The predicted molar refractivity (Wildman–Crippen MR) is 91.5 cm³/mol. The molecule has 2 rings (SSSR count). The van der Waals surface area contributed by atoms with Crippen molar-refractivity contribution in [3.05, 3.63) is 65.2 Å². The number of halogens is 1. The lowest BCUT2D eigenvalue weighted by Gasteiger charge is -2.07. The zero-order chi connectivity index (χ0) is 14.2. The highest BCUT2D eigenvalue weighted by Gasteiger charge is 1.96. The molecule has 0 radical (unpaired) electrons. The summed E-state index contributed by atoms with van der Waals surface area (Å²) in [5, 5.41) is 3.48. The summed E-state index contributed by atoms with van der Waals surface area (Å²) in [6, 6.07) is 17.1. The standard InChI is InChI=1S/C18H23NO.ClH/c1-3-15-4-6-17(7-5-15)14-19-13-12-16-8-10-18(20-2)11-9-16;/h4-11,19H,3,12-14H2,1-2H3;1H. The molecule has 2 aromatic carbocycles. The minimum absolute atomic E-state index is 0. The highest BCUT2D eigenvalue weighted by molar-refractivity contribution is 5.85. The van der Waals surface area contributed by atoms with Crippen LogP contribution >= 0.6 is 12.4 Å². The molecule has 0 saturated carbocycles. The molecule has 0 atom stereocenters. The molecule has 0 fully saturated rings. The van der Waals surface area contributed by atoms with E-state index >= 15 is 0 Å². The van der Waals surface area contributed by atoms with Crippen LogP contribution in [-0.2, 0) is 19.4 Å². The summed E-state index contributed by atoms with van der Waals surface area (Å²) >= 11 is 0. The van der Waals surface area contributed by atoms with Gasteiger partial charge in [-0.1, -0.05) is 43.3 Å². The summed E-state index contributed by atoms with van der Waals surface area (Å²) in [4.78, 5) is 0. The summed E-state index contributed by atoms with van der Waals surface area (Å²) in [5.74, 6) is 0.915. The van der Waals surface area contributed by atoms with Gasteiger partial charge in [-0.05, 0) is 48.2 Å². The van der Waals surface area contributed by atoms with Gasteiger partial charge in [0.1, 0.15) is 5.75 Å². The van der Waals surface area contributed by atoms with Gasteiger partial charge in [-0.15, -0.1) is 12.4 Å². The third-order valence-electron chi connectivity index (χ3n) is 3.51. The molecule has 0 aliphatic heterocycles. The van der Waals surface area contributed by atoms with E-state index in [1.54, 1.807) is 7.11 Å². The Bertz CT molecular complexity index is 458. The van der Waals surface area contributed by atoms with Crippen molar-refractivity contribution < 1.29 is 4.74 Å². The number of hydrogen-bond acceptors (Lipinski definition) is 2. The van der Waals surface area contributed by atoms with E-state index in [0.29, 0.717) is 0 Å². The molecule has 0 aromatic heterocycles. The first-order valence-electron chi connectivity index (χ1n) is 7.23. The van der Waals surface area contributed by atoms with E-state index in [1.807, 2.05) is 12.1 Å². The van der Waals surface area contributed by atoms with Gasteiger partial charge < -0.3 is 10.1 Å². The fourth-order valence-electron chi connectivity index (χ4n) is 2.15. The van der Waals surface area contributed by atoms with E-state index in [0.717, 1.165) is 31.7 Å². The molecule has 0 spiro atoms. The van der Waals surface area contributed by atoms with Gasteiger partial charge in [0.2, 0.25) is 0 Å². The van der Waals surface area contributed by atoms with Crippen molar-refractivity contribution in [1.29, 1.82) is 0 Å². The highest BCUT2D eigenvalue weighted by Crippen LogP contribution is 2.11. The van der Waals surface area contributed by atoms with Crippen LogP contribution in [0.15, 0.2) is 48.5 Å². The number of nitrogens with one attached hydrogen (secondary N) is 1. The summed E-state index contributed by atoms with van der Waals surface area (Å²) in [7, 11) is 1.69. The van der Waals surface area contributed by atoms with Crippen LogP contribution in [0, 0.1) is 0 Å². The van der Waals surface area contributed by atoms with E-state index in [9.17, 15) is 0 Å². The maximum absolute atomic E-state index is 5.16. The average molecular weight is 306 g/mol. The third-order valence-corrected chi connectivity index (χ3v) is 3.51. The SMILES string of the molecule is CCc1ccc(CNCCc2ccc(OC)cc2)cc1.Cl. The van der Waals surface area contributed by atoms with E-state index < -0.39 is 0 Å². The first-order chi connectivity index (χ1) is 9.81. The van der Waals surface area contributed by atoms with Crippen LogP contribution in [-0.4, -0.2) is 13.7 Å². The van der Waals surface area contributed by atoms with Crippen LogP contribution < -0.4 is 10.1 Å². The summed E-state index contributed by atoms with van der Waals surface area (Å²) in [6.45, 7) is 4.10. The third kappa shape index (κ3) is 5.78. The van der Waals surface area contributed by atoms with E-state index in [1.165, 1.54) is 16.7 Å². The molecule has 0 aliphatic carbocycles. The first-order valence-corrected chi connectivity index (χ1v) is 7.23. The molecule has 0 bridgehead atoms. The molecular formula is C18H24ClNO. The Morgan fingerprint density at radius 3 is 2.00 bits per heavy atom. The van der Waals surface area contributed by atoms with E-state index in [4.69, 9.17) is 4.74 Å². The number of aryl methyl sites for hydroxylation is 1. The molecule has 3 heteroatoms. The minimum Gasteiger partial charge on any atom is -0.497 e. The van der Waals surface area contributed by atoms with Crippen molar-refractivity contribution >= 4 is 12.4 Å². The van der Waals surface area contributed by atoms with Gasteiger partial charge in [-0.3, -0.25) is 0 Å². The Labute approximate surface area is 133 Å². The van der Waals surface area contributed by atoms with Crippen LogP contribution in [0.5, 0.6) is 5.75 Å². The van der Waals surface area contributed by atoms with Gasteiger partial charge in [0, 0.05) is 6.54 Å². The van der Waals surface area contributed by atoms with E-state index in [-0.39, 0.29) is 12.4 Å². The number of methoxy groups -OCH3 is 1. The fourth-order valence-corrected chi connectivity index (χ4v) is 2.15. The van der Waals surface area contributed by atoms with Crippen LogP contribution in [0.2, 0.25) is 0 Å². The zero-order valence-corrected chi connectivity index (χ0v) is 13.6. The average Bonchev–Trinajstić information content (AvgIpc) is 2.53. The number of benzene rings is 2. The molecule has 1 N–H and O–H groups in total. The minimum atomic E-state index is 0. The summed E-state index contributed by atoms with van der Waals surface area (Å²) in [6.07, 6.45) is 2.14. The van der Waals surface area contributed by atoms with Gasteiger partial charge in [0.15, 0.2) is 0 Å². The second kappa shape index (κ2) is 9.43. The summed E-state index contributed by atoms with van der Waals surface area (Å²) < 4.78 is 5.16. The maximum atomic E-state index is 5.16. The molecule has 2 nitrogen and oxygen atoms in total. The molecule has 0 unspecified atom stereocenters. The lowest BCUT2D eigenvalue weighted by molar-refractivity contribution is 0.414. The molecule has 0 amide bonds. The number of hydrogen-bond donors (Lipinski definition) is 1. The Hall–Kier alpha value is -1.51. The second-order valence-electron chi connectivity index (χ2n) is 4.94. The van der Waals surface area contributed by atoms with Crippen molar-refractivity contribution in [2.24, 2.45) is 0 Å². The van der Waals surface area contributed by atoms with Crippen LogP contribution in [0.1, 0.15) is 23.6 Å². The Morgan fingerprint density at radius 1 is 0.857 bits per heavy atom. The Morgan fingerprint density at radius 2 is 1.43 bits per heavy atom. The molecular weight excluding hydrogens is 282 g/mol. The summed E-state index contributed by atoms with van der Waals surface area (Å²) in [5.41, 5.74) is 4.07. The largest absolute Gasteiger partial charge is 0.497 e. The van der Waals surface area contributed by atoms with Gasteiger partial charge in [0.05, 0.1) is 7.11 Å². The zero-order valence-electron chi connectivity index (χ0n) is 12.8. The number of ether oxygens (including phenoxy) is 1. The maximum Gasteiger partial charge on any atom is 0.118 e. The van der Waals surface area contributed by atoms with Crippen molar-refractivity contribution in [3.8, 4) is 5.75 Å². The predicted octanol–water partition coefficient (Wildman–Crippen LogP) is 4.01. The smallest absolute Gasteiger partial charge is 0.118 e. The molecule has 2 aromatic rings. The van der Waals surface area contributed by atoms with Crippen LogP contribution in [0.4, 0.5) is 0 Å². The highest BCUT2D eigenvalue weighted by atomic mass is 35.5. The van der Waals surface area contributed by atoms with Crippen LogP contribution in [0.25, 0.3) is 0 Å². The van der Waals surface area contributed by atoms with E-state index in [2.05, 4.69) is 48.6 Å².